The average molecular weight is 374 g/mol. The Kier molecular flexibility index (Phi) is 6.66. The monoisotopic (exact) mass is 374 g/mol. The summed E-state index contributed by atoms with van der Waals surface area (Å²) in [5.41, 5.74) is 0.588. The number of piperidine rings is 1. The Labute approximate surface area is 160 Å². The number of carbonyl (C=O) groups is 2. The van der Waals surface area contributed by atoms with E-state index in [4.69, 9.17) is 0 Å². The molecule has 0 radical (unpaired) electrons. The van der Waals surface area contributed by atoms with Gasteiger partial charge in [0, 0.05) is 45.3 Å². The highest BCUT2D eigenvalue weighted by Crippen LogP contribution is 2.22. The first-order valence-corrected chi connectivity index (χ1v) is 10.0. The highest BCUT2D eigenvalue weighted by atomic mass is 16.3. The van der Waals surface area contributed by atoms with Crippen LogP contribution in [-0.4, -0.2) is 70.5 Å². The highest BCUT2D eigenvalue weighted by Gasteiger charge is 2.28. The third-order valence-electron chi connectivity index (χ3n) is 5.55. The van der Waals surface area contributed by atoms with Crippen LogP contribution in [-0.2, 0) is 4.79 Å². The van der Waals surface area contributed by atoms with Crippen LogP contribution < -0.4 is 5.32 Å². The van der Waals surface area contributed by atoms with Gasteiger partial charge in [0.05, 0.1) is 11.7 Å². The van der Waals surface area contributed by atoms with E-state index >= 15 is 0 Å². The zero-order valence-corrected chi connectivity index (χ0v) is 16.1. The van der Waals surface area contributed by atoms with Gasteiger partial charge in [-0.05, 0) is 43.7 Å². The minimum absolute atomic E-state index is 0.0124. The molecule has 0 bridgehead atoms. The first-order valence-electron chi connectivity index (χ1n) is 10.0. The lowest BCUT2D eigenvalue weighted by Gasteiger charge is -2.34. The number of aromatic nitrogens is 1. The van der Waals surface area contributed by atoms with E-state index in [0.717, 1.165) is 45.4 Å². The zero-order valence-electron chi connectivity index (χ0n) is 16.1. The van der Waals surface area contributed by atoms with Crippen LogP contribution in [0.3, 0.4) is 0 Å². The molecule has 1 aromatic heterocycles. The number of aliphatic hydroxyl groups excluding tert-OH is 1. The van der Waals surface area contributed by atoms with Gasteiger partial charge in [-0.15, -0.1) is 0 Å². The van der Waals surface area contributed by atoms with Gasteiger partial charge in [-0.25, -0.2) is 4.98 Å². The fraction of sp³-hybridized carbons (Fsp3) is 0.650. The molecule has 148 valence electrons. The molecule has 2 fully saturated rings. The summed E-state index contributed by atoms with van der Waals surface area (Å²) in [4.78, 5) is 32.6. The van der Waals surface area contributed by atoms with Crippen LogP contribution in [0.15, 0.2) is 18.3 Å². The summed E-state index contributed by atoms with van der Waals surface area (Å²) in [6, 6.07) is 3.56. The molecule has 0 spiro atoms. The number of nitrogens with zero attached hydrogens (tertiary/aromatic N) is 3. The molecule has 7 nitrogen and oxygen atoms in total. The molecular formula is C20H30N4O3. The van der Waals surface area contributed by atoms with E-state index in [9.17, 15) is 14.7 Å². The van der Waals surface area contributed by atoms with Crippen LogP contribution in [0.4, 0.5) is 5.82 Å². The van der Waals surface area contributed by atoms with Crippen LogP contribution >= 0.6 is 0 Å². The molecule has 3 heterocycles. The van der Waals surface area contributed by atoms with Gasteiger partial charge < -0.3 is 20.2 Å². The van der Waals surface area contributed by atoms with Crippen molar-refractivity contribution in [1.29, 1.82) is 0 Å². The molecule has 0 aromatic carbocycles. The third kappa shape index (κ3) is 5.19. The van der Waals surface area contributed by atoms with Gasteiger partial charge in [0.1, 0.15) is 5.82 Å². The Balaban J connectivity index is 1.46. The number of rotatable bonds is 7. The Bertz CT molecular complexity index is 641. The molecule has 2 saturated heterocycles. The molecule has 27 heavy (non-hydrogen) atoms. The van der Waals surface area contributed by atoms with Crippen molar-refractivity contribution in [3.63, 3.8) is 0 Å². The number of aliphatic hydroxyl groups is 1. The summed E-state index contributed by atoms with van der Waals surface area (Å²) in [7, 11) is 0. The van der Waals surface area contributed by atoms with Crippen molar-refractivity contribution in [2.45, 2.75) is 45.1 Å². The van der Waals surface area contributed by atoms with E-state index < -0.39 is 6.10 Å². The quantitative estimate of drug-likeness (QED) is 0.759. The summed E-state index contributed by atoms with van der Waals surface area (Å²) in [5, 5.41) is 12.7. The van der Waals surface area contributed by atoms with Gasteiger partial charge >= 0.3 is 0 Å². The van der Waals surface area contributed by atoms with Gasteiger partial charge in [0.15, 0.2) is 0 Å². The second-order valence-electron chi connectivity index (χ2n) is 7.55. The van der Waals surface area contributed by atoms with E-state index in [1.165, 1.54) is 0 Å². The van der Waals surface area contributed by atoms with Crippen molar-refractivity contribution >= 4 is 17.6 Å². The number of carbonyl (C=O) groups excluding carboxylic acids is 2. The fourth-order valence-electron chi connectivity index (χ4n) is 3.70. The van der Waals surface area contributed by atoms with Crippen LogP contribution in [0.2, 0.25) is 0 Å². The topological polar surface area (TPSA) is 85.8 Å². The molecule has 7 heteroatoms. The normalized spacial score (nSPS) is 19.4. The van der Waals surface area contributed by atoms with E-state index in [1.54, 1.807) is 18.3 Å². The van der Waals surface area contributed by atoms with Crippen LogP contribution in [0.25, 0.3) is 0 Å². The number of hydrogen-bond donors (Lipinski definition) is 2. The lowest BCUT2D eigenvalue weighted by atomic mass is 9.96. The van der Waals surface area contributed by atoms with Gasteiger partial charge in [-0.3, -0.25) is 9.59 Å². The number of likely N-dealkylation sites (tertiary alicyclic amines) is 2. The van der Waals surface area contributed by atoms with Crippen LogP contribution in [0, 0.1) is 5.92 Å². The predicted molar refractivity (Wildman–Crippen MR) is 103 cm³/mol. The van der Waals surface area contributed by atoms with Gasteiger partial charge in [0.2, 0.25) is 5.91 Å². The minimum Gasteiger partial charge on any atom is -0.391 e. The maximum Gasteiger partial charge on any atom is 0.255 e. The Morgan fingerprint density at radius 2 is 2.11 bits per heavy atom. The van der Waals surface area contributed by atoms with E-state index in [2.05, 4.69) is 10.3 Å². The van der Waals surface area contributed by atoms with Gasteiger partial charge in [-0.1, -0.05) is 6.92 Å². The standard InChI is InChI=1S/C20H30N4O3/c1-2-17(25)13-22-18-6-5-16(12-21-18)20(27)23-10-7-15(8-11-23)14-24-9-3-4-19(24)26/h5-6,12,15,17,25H,2-4,7-11,13-14H2,1H3,(H,21,22)/t17-/m0/s1. The van der Waals surface area contributed by atoms with Crippen LogP contribution in [0.1, 0.15) is 49.4 Å². The van der Waals surface area contributed by atoms with Gasteiger partial charge in [-0.2, -0.15) is 0 Å². The number of nitrogens with one attached hydrogen (secondary N) is 1. The van der Waals surface area contributed by atoms with E-state index in [-0.39, 0.29) is 11.8 Å². The summed E-state index contributed by atoms with van der Waals surface area (Å²) < 4.78 is 0. The maximum absolute atomic E-state index is 12.7. The van der Waals surface area contributed by atoms with Gasteiger partial charge in [0.25, 0.3) is 5.91 Å². The molecule has 2 aliphatic rings. The first kappa shape index (κ1) is 19.6. The molecular weight excluding hydrogens is 344 g/mol. The largest absolute Gasteiger partial charge is 0.391 e. The van der Waals surface area contributed by atoms with Crippen molar-refractivity contribution in [3.05, 3.63) is 23.9 Å². The molecule has 2 aliphatic heterocycles. The zero-order chi connectivity index (χ0) is 19.2. The smallest absolute Gasteiger partial charge is 0.255 e. The molecule has 0 saturated carbocycles. The Morgan fingerprint density at radius 1 is 1.33 bits per heavy atom. The molecule has 3 rings (SSSR count). The summed E-state index contributed by atoms with van der Waals surface area (Å²) >= 11 is 0. The molecule has 2 amide bonds. The Hall–Kier alpha value is -2.15. The predicted octanol–water partition coefficient (Wildman–Crippen LogP) is 1.74. The lowest BCUT2D eigenvalue weighted by Crippen LogP contribution is -2.41. The van der Waals surface area contributed by atoms with E-state index in [1.807, 2.05) is 16.7 Å². The first-order chi connectivity index (χ1) is 13.1. The van der Waals surface area contributed by atoms with Crippen molar-refractivity contribution < 1.29 is 14.7 Å². The number of hydrogen-bond acceptors (Lipinski definition) is 5. The molecule has 1 atom stereocenters. The van der Waals surface area contributed by atoms with Crippen LogP contribution in [0.5, 0.6) is 0 Å². The second-order valence-corrected chi connectivity index (χ2v) is 7.55. The summed E-state index contributed by atoms with van der Waals surface area (Å²) in [6.07, 6.45) is 5.43. The maximum atomic E-state index is 12.7. The molecule has 0 unspecified atom stereocenters. The van der Waals surface area contributed by atoms with E-state index in [0.29, 0.717) is 36.7 Å². The number of pyridine rings is 1. The number of amides is 2. The Morgan fingerprint density at radius 3 is 2.70 bits per heavy atom. The second kappa shape index (κ2) is 9.17. The highest BCUT2D eigenvalue weighted by molar-refractivity contribution is 5.94. The van der Waals surface area contributed by atoms with Crippen molar-refractivity contribution in [2.24, 2.45) is 5.92 Å². The summed E-state index contributed by atoms with van der Waals surface area (Å²) in [6.45, 7) is 5.56. The lowest BCUT2D eigenvalue weighted by molar-refractivity contribution is -0.128. The van der Waals surface area contributed by atoms with Crippen molar-refractivity contribution in [3.8, 4) is 0 Å². The summed E-state index contributed by atoms with van der Waals surface area (Å²) in [5.74, 6) is 1.44. The SMILES string of the molecule is CC[C@H](O)CNc1ccc(C(=O)N2CCC(CN3CCCC3=O)CC2)cn1. The molecule has 2 N–H and O–H groups in total. The minimum atomic E-state index is -0.398. The third-order valence-corrected chi connectivity index (χ3v) is 5.55. The average Bonchev–Trinajstić information content (AvgIpc) is 3.11. The molecule has 0 aliphatic carbocycles. The van der Waals surface area contributed by atoms with Crippen molar-refractivity contribution in [1.82, 2.24) is 14.8 Å². The van der Waals surface area contributed by atoms with Crippen molar-refractivity contribution in [2.75, 3.05) is 38.0 Å². The fourth-order valence-corrected chi connectivity index (χ4v) is 3.70. The molecule has 1 aromatic rings. The number of anilines is 1.